The van der Waals surface area contributed by atoms with E-state index >= 15 is 0 Å². The molecule has 0 aliphatic heterocycles. The number of thiocarbonyl (C=S) groups is 1. The smallest absolute Gasteiger partial charge is 0.242 e. The van der Waals surface area contributed by atoms with E-state index in [1.165, 1.54) is 18.4 Å². The number of aromatic nitrogens is 2. The fraction of sp³-hybridized carbons (Fsp3) is 0.500. The molecule has 0 aliphatic rings. The van der Waals surface area contributed by atoms with E-state index in [-0.39, 0.29) is 12.3 Å². The predicted molar refractivity (Wildman–Crippen MR) is 123 cm³/mol. The maximum Gasteiger partial charge on any atom is 0.242 e. The number of rotatable bonds is 8. The Labute approximate surface area is 179 Å². The summed E-state index contributed by atoms with van der Waals surface area (Å²) in [6.45, 7) is 11.3. The van der Waals surface area contributed by atoms with Crippen molar-refractivity contribution in [2.24, 2.45) is 5.92 Å². The van der Waals surface area contributed by atoms with Gasteiger partial charge in [-0.15, -0.1) is 0 Å². The molecule has 3 N–H and O–H groups in total. The summed E-state index contributed by atoms with van der Waals surface area (Å²) in [6.07, 6.45) is 3.72. The molecule has 29 heavy (non-hydrogen) atoms. The van der Waals surface area contributed by atoms with Crippen molar-refractivity contribution >= 4 is 28.9 Å². The monoisotopic (exact) mass is 415 g/mol. The molecule has 0 atom stereocenters. The van der Waals surface area contributed by atoms with E-state index in [0.29, 0.717) is 11.0 Å². The number of benzene rings is 1. The van der Waals surface area contributed by atoms with Crippen LogP contribution >= 0.6 is 12.2 Å². The summed E-state index contributed by atoms with van der Waals surface area (Å²) < 4.78 is 1.98. The van der Waals surface area contributed by atoms with Gasteiger partial charge in [0, 0.05) is 23.5 Å². The number of anilines is 1. The second-order valence-electron chi connectivity index (χ2n) is 7.83. The van der Waals surface area contributed by atoms with Crippen LogP contribution in [-0.2, 0) is 24.2 Å². The van der Waals surface area contributed by atoms with Crippen molar-refractivity contribution in [3.05, 3.63) is 46.8 Å². The van der Waals surface area contributed by atoms with Gasteiger partial charge in [0.1, 0.15) is 0 Å². The summed E-state index contributed by atoms with van der Waals surface area (Å²) in [5.41, 5.74) is 10.5. The number of amides is 1. The van der Waals surface area contributed by atoms with Gasteiger partial charge < -0.3 is 5.32 Å². The van der Waals surface area contributed by atoms with Crippen LogP contribution in [0.4, 0.5) is 5.69 Å². The predicted octanol–water partition coefficient (Wildman–Crippen LogP) is 4.06. The fourth-order valence-corrected chi connectivity index (χ4v) is 3.31. The number of hydrogen-bond donors (Lipinski definition) is 3. The third kappa shape index (κ3) is 7.16. The van der Waals surface area contributed by atoms with Gasteiger partial charge in [-0.2, -0.15) is 5.10 Å². The zero-order chi connectivity index (χ0) is 21.4. The van der Waals surface area contributed by atoms with Crippen LogP contribution < -0.4 is 16.2 Å². The largest absolute Gasteiger partial charge is 0.331 e. The summed E-state index contributed by atoms with van der Waals surface area (Å²) in [4.78, 5) is 12.4. The molecule has 1 aromatic carbocycles. The minimum Gasteiger partial charge on any atom is -0.331 e. The van der Waals surface area contributed by atoms with Crippen LogP contribution in [0, 0.1) is 19.8 Å². The highest BCUT2D eigenvalue weighted by atomic mass is 32.1. The zero-order valence-corrected chi connectivity index (χ0v) is 18.9. The second kappa shape index (κ2) is 11.0. The Bertz CT molecular complexity index is 826. The van der Waals surface area contributed by atoms with Gasteiger partial charge in [0.25, 0.3) is 0 Å². The Morgan fingerprint density at radius 2 is 1.86 bits per heavy atom. The van der Waals surface area contributed by atoms with Crippen LogP contribution in [-0.4, -0.2) is 20.8 Å². The topological polar surface area (TPSA) is 71.0 Å². The Morgan fingerprint density at radius 3 is 2.48 bits per heavy atom. The fourth-order valence-electron chi connectivity index (χ4n) is 3.14. The number of unbranched alkanes of at least 4 members (excludes halogenated alkanes) is 1. The molecule has 6 nitrogen and oxygen atoms in total. The van der Waals surface area contributed by atoms with Crippen LogP contribution in [0.3, 0.4) is 0 Å². The number of carbonyl (C=O) groups excluding carboxylic acids is 1. The summed E-state index contributed by atoms with van der Waals surface area (Å²) in [5, 5.41) is 7.99. The molecular weight excluding hydrogens is 382 g/mol. The minimum absolute atomic E-state index is 0.153. The molecule has 7 heteroatoms. The summed E-state index contributed by atoms with van der Waals surface area (Å²) in [7, 11) is 0. The minimum atomic E-state index is -0.153. The lowest BCUT2D eigenvalue weighted by atomic mass is 10.1. The number of aryl methyl sites for hydroxylation is 2. The van der Waals surface area contributed by atoms with Gasteiger partial charge in [0.15, 0.2) is 5.11 Å². The van der Waals surface area contributed by atoms with E-state index in [1.807, 2.05) is 30.7 Å². The molecule has 2 aromatic rings. The van der Waals surface area contributed by atoms with Crippen molar-refractivity contribution in [3.8, 4) is 0 Å². The van der Waals surface area contributed by atoms with E-state index in [0.717, 1.165) is 35.6 Å². The molecule has 1 aromatic heterocycles. The highest BCUT2D eigenvalue weighted by Crippen LogP contribution is 2.15. The summed E-state index contributed by atoms with van der Waals surface area (Å²) in [5.74, 6) is 0.347. The van der Waals surface area contributed by atoms with Crippen LogP contribution in [0.25, 0.3) is 0 Å². The van der Waals surface area contributed by atoms with Gasteiger partial charge in [-0.1, -0.05) is 39.3 Å². The number of nitrogens with zero attached hydrogens (tertiary/aromatic N) is 2. The standard InChI is InChI=1S/C22H33N5OS/c1-6-7-8-18-9-11-19(12-10-18)23-22(29)25-24-21(28)13-20-16(4)26-27(17(20)5)14-15(2)3/h9-12,15H,6-8,13-14H2,1-5H3,(H,24,28)(H2,23,25,29). The first-order valence-corrected chi connectivity index (χ1v) is 10.7. The van der Waals surface area contributed by atoms with Crippen molar-refractivity contribution in [3.63, 3.8) is 0 Å². The molecule has 1 amide bonds. The molecule has 0 unspecified atom stereocenters. The molecule has 0 fully saturated rings. The van der Waals surface area contributed by atoms with Crippen molar-refractivity contribution in [1.29, 1.82) is 0 Å². The third-order valence-corrected chi connectivity index (χ3v) is 4.96. The van der Waals surface area contributed by atoms with Crippen LogP contribution in [0.2, 0.25) is 0 Å². The molecule has 0 saturated carbocycles. The van der Waals surface area contributed by atoms with Crippen LogP contribution in [0.15, 0.2) is 24.3 Å². The quantitative estimate of drug-likeness (QED) is 0.448. The average Bonchev–Trinajstić information content (AvgIpc) is 2.92. The molecule has 158 valence electrons. The zero-order valence-electron chi connectivity index (χ0n) is 18.1. The molecular formula is C22H33N5OS. The number of carbonyl (C=O) groups is 1. The van der Waals surface area contributed by atoms with Gasteiger partial charge in [-0.25, -0.2) is 0 Å². The summed E-state index contributed by atoms with van der Waals surface area (Å²) >= 11 is 5.27. The van der Waals surface area contributed by atoms with Crippen molar-refractivity contribution < 1.29 is 4.79 Å². The number of nitrogens with one attached hydrogen (secondary N) is 3. The SMILES string of the molecule is CCCCc1ccc(NC(=S)NNC(=O)Cc2c(C)nn(CC(C)C)c2C)cc1. The average molecular weight is 416 g/mol. The van der Waals surface area contributed by atoms with Crippen LogP contribution in [0.5, 0.6) is 0 Å². The van der Waals surface area contributed by atoms with Crippen molar-refractivity contribution in [2.75, 3.05) is 5.32 Å². The molecule has 0 bridgehead atoms. The maximum atomic E-state index is 12.4. The number of hydrazine groups is 1. The van der Waals surface area contributed by atoms with Gasteiger partial charge >= 0.3 is 0 Å². The first-order valence-electron chi connectivity index (χ1n) is 10.3. The Balaban J connectivity index is 1.83. The van der Waals surface area contributed by atoms with Gasteiger partial charge in [-0.3, -0.25) is 20.3 Å². The van der Waals surface area contributed by atoms with Crippen LogP contribution in [0.1, 0.15) is 56.1 Å². The molecule has 0 radical (unpaired) electrons. The lowest BCUT2D eigenvalue weighted by molar-refractivity contribution is -0.121. The van der Waals surface area contributed by atoms with E-state index < -0.39 is 0 Å². The van der Waals surface area contributed by atoms with Crippen molar-refractivity contribution in [1.82, 2.24) is 20.6 Å². The highest BCUT2D eigenvalue weighted by molar-refractivity contribution is 7.80. The van der Waals surface area contributed by atoms with Gasteiger partial charge in [-0.05, 0) is 62.5 Å². The number of hydrogen-bond acceptors (Lipinski definition) is 3. The molecule has 2 rings (SSSR count). The Hall–Kier alpha value is -2.41. The highest BCUT2D eigenvalue weighted by Gasteiger charge is 2.15. The Morgan fingerprint density at radius 1 is 1.17 bits per heavy atom. The second-order valence-corrected chi connectivity index (χ2v) is 8.24. The molecule has 0 spiro atoms. The van der Waals surface area contributed by atoms with Crippen molar-refractivity contribution in [2.45, 2.75) is 66.8 Å². The van der Waals surface area contributed by atoms with E-state index in [1.54, 1.807) is 0 Å². The lowest BCUT2D eigenvalue weighted by Crippen LogP contribution is -2.44. The molecule has 1 heterocycles. The van der Waals surface area contributed by atoms with E-state index in [4.69, 9.17) is 12.2 Å². The van der Waals surface area contributed by atoms with Gasteiger partial charge in [0.05, 0.1) is 12.1 Å². The first kappa shape index (κ1) is 22.9. The van der Waals surface area contributed by atoms with E-state index in [9.17, 15) is 4.79 Å². The maximum absolute atomic E-state index is 12.4. The lowest BCUT2D eigenvalue weighted by Gasteiger charge is -2.12. The van der Waals surface area contributed by atoms with Gasteiger partial charge in [0.2, 0.25) is 5.91 Å². The van der Waals surface area contributed by atoms with E-state index in [2.05, 4.69) is 54.2 Å². The third-order valence-electron chi connectivity index (χ3n) is 4.75. The Kier molecular flexibility index (Phi) is 8.64. The molecule has 0 aliphatic carbocycles. The summed E-state index contributed by atoms with van der Waals surface area (Å²) in [6, 6.07) is 8.19. The first-order chi connectivity index (χ1) is 13.8. The molecule has 0 saturated heterocycles. The normalized spacial score (nSPS) is 10.8.